The molecule has 1 saturated heterocycles. The molecule has 35 heavy (non-hydrogen) atoms. The molecule has 4 rings (SSSR count). The van der Waals surface area contributed by atoms with Crippen molar-refractivity contribution < 1.29 is 28.1 Å². The third-order valence-corrected chi connectivity index (χ3v) is 5.18. The number of carbonyl (C=O) groups excluding carboxylic acids is 1. The second-order valence-corrected chi connectivity index (χ2v) is 7.91. The summed E-state index contributed by atoms with van der Waals surface area (Å²) in [6.07, 6.45) is 2.11. The van der Waals surface area contributed by atoms with E-state index in [4.69, 9.17) is 18.9 Å². The van der Waals surface area contributed by atoms with Gasteiger partial charge in [-0.15, -0.1) is 6.58 Å². The third-order valence-electron chi connectivity index (χ3n) is 5.18. The van der Waals surface area contributed by atoms with Gasteiger partial charge in [0.15, 0.2) is 11.5 Å². The second-order valence-electron chi connectivity index (χ2n) is 7.91. The molecule has 0 saturated carbocycles. The number of rotatable bonds is 5. The predicted molar refractivity (Wildman–Crippen MR) is 136 cm³/mol. The lowest BCUT2D eigenvalue weighted by atomic mass is 9.98. The lowest BCUT2D eigenvalue weighted by Crippen LogP contribution is -2.41. The number of fused-ring (bicyclic) bond motifs is 1. The van der Waals surface area contributed by atoms with E-state index in [0.29, 0.717) is 44.2 Å². The average Bonchev–Trinajstić information content (AvgIpc) is 3.22. The van der Waals surface area contributed by atoms with Crippen molar-refractivity contribution in [3.05, 3.63) is 78.1 Å². The molecule has 2 aromatic rings. The first kappa shape index (κ1) is 27.9. The van der Waals surface area contributed by atoms with Crippen LogP contribution in [0.4, 0.5) is 4.39 Å². The Labute approximate surface area is 207 Å². The summed E-state index contributed by atoms with van der Waals surface area (Å²) in [7, 11) is 1.59. The van der Waals surface area contributed by atoms with Crippen LogP contribution in [0.15, 0.2) is 61.2 Å². The Kier molecular flexibility index (Phi) is 10.3. The van der Waals surface area contributed by atoms with E-state index in [1.54, 1.807) is 30.2 Å². The van der Waals surface area contributed by atoms with Gasteiger partial charge < -0.3 is 23.8 Å². The SMILES string of the molecule is C=C(C)CC1(c2ccc(OC)cc2)Oc2cc(F)c(C(=O)N3CCOCC3)cc2O1.C=CC.CC. The molecular formula is C28H36FNO5. The van der Waals surface area contributed by atoms with Crippen LogP contribution >= 0.6 is 0 Å². The van der Waals surface area contributed by atoms with E-state index in [1.807, 2.05) is 39.8 Å². The zero-order valence-corrected chi connectivity index (χ0v) is 21.4. The number of hydrogen-bond acceptors (Lipinski definition) is 5. The van der Waals surface area contributed by atoms with E-state index in [-0.39, 0.29) is 17.2 Å². The molecule has 0 spiro atoms. The molecule has 1 fully saturated rings. The molecule has 1 amide bonds. The first-order valence-electron chi connectivity index (χ1n) is 11.8. The Morgan fingerprint density at radius 3 is 2.20 bits per heavy atom. The lowest BCUT2D eigenvalue weighted by molar-refractivity contribution is -0.0853. The minimum absolute atomic E-state index is 0.0416. The highest BCUT2D eigenvalue weighted by atomic mass is 19.1. The second kappa shape index (κ2) is 13.0. The molecule has 1 unspecified atom stereocenters. The fraction of sp³-hybridized carbons (Fsp3) is 0.393. The van der Waals surface area contributed by atoms with E-state index in [1.165, 1.54) is 12.1 Å². The van der Waals surface area contributed by atoms with Crippen molar-refractivity contribution in [3.8, 4) is 17.2 Å². The number of ether oxygens (including phenoxy) is 4. The van der Waals surface area contributed by atoms with Crippen molar-refractivity contribution in [1.29, 1.82) is 0 Å². The molecule has 2 aliphatic rings. The van der Waals surface area contributed by atoms with Gasteiger partial charge in [-0.05, 0) is 44.2 Å². The van der Waals surface area contributed by atoms with Gasteiger partial charge in [0.25, 0.3) is 11.7 Å². The molecule has 6 nitrogen and oxygen atoms in total. The summed E-state index contributed by atoms with van der Waals surface area (Å²) in [6.45, 7) is 16.8. The molecule has 0 bridgehead atoms. The summed E-state index contributed by atoms with van der Waals surface area (Å²) in [4.78, 5) is 14.4. The van der Waals surface area contributed by atoms with E-state index in [0.717, 1.165) is 11.1 Å². The Bertz CT molecular complexity index is 1010. The van der Waals surface area contributed by atoms with Crippen LogP contribution in [0.3, 0.4) is 0 Å². The first-order chi connectivity index (χ1) is 16.8. The van der Waals surface area contributed by atoms with Gasteiger partial charge in [0.1, 0.15) is 11.6 Å². The summed E-state index contributed by atoms with van der Waals surface area (Å²) in [5.41, 5.74) is 1.53. The van der Waals surface area contributed by atoms with Gasteiger partial charge in [0.2, 0.25) is 0 Å². The molecule has 0 radical (unpaired) electrons. The van der Waals surface area contributed by atoms with Crippen LogP contribution in [-0.2, 0) is 10.5 Å². The van der Waals surface area contributed by atoms with Gasteiger partial charge in [-0.25, -0.2) is 4.39 Å². The smallest absolute Gasteiger partial charge is 0.282 e. The Morgan fingerprint density at radius 1 is 1.14 bits per heavy atom. The largest absolute Gasteiger partial charge is 0.497 e. The van der Waals surface area contributed by atoms with Gasteiger partial charge in [-0.2, -0.15) is 0 Å². The van der Waals surface area contributed by atoms with Crippen LogP contribution in [0, 0.1) is 5.82 Å². The number of nitrogens with zero attached hydrogens (tertiary/aromatic N) is 1. The highest BCUT2D eigenvalue weighted by Gasteiger charge is 2.44. The first-order valence-corrected chi connectivity index (χ1v) is 11.8. The van der Waals surface area contributed by atoms with Crippen molar-refractivity contribution in [3.63, 3.8) is 0 Å². The summed E-state index contributed by atoms with van der Waals surface area (Å²) in [5.74, 6) is -0.941. The Balaban J connectivity index is 0.000000803. The highest BCUT2D eigenvalue weighted by molar-refractivity contribution is 5.95. The molecule has 0 aliphatic carbocycles. The van der Waals surface area contributed by atoms with Crippen LogP contribution in [0.2, 0.25) is 0 Å². The topological polar surface area (TPSA) is 57.2 Å². The molecule has 190 valence electrons. The van der Waals surface area contributed by atoms with Crippen LogP contribution in [-0.4, -0.2) is 44.2 Å². The van der Waals surface area contributed by atoms with E-state index in [9.17, 15) is 9.18 Å². The molecule has 2 heterocycles. The van der Waals surface area contributed by atoms with Crippen LogP contribution in [0.5, 0.6) is 17.2 Å². The van der Waals surface area contributed by atoms with Gasteiger partial charge >= 0.3 is 0 Å². The molecule has 7 heteroatoms. The third kappa shape index (κ3) is 6.63. The molecule has 2 aliphatic heterocycles. The lowest BCUT2D eigenvalue weighted by Gasteiger charge is -2.28. The molecular weight excluding hydrogens is 449 g/mol. The standard InChI is InChI=1S/C23H24FNO5.C3H6.C2H6/c1-15(2)14-23(16-4-6-17(27-3)7-5-16)29-20-12-18(19(24)13-21(20)30-23)22(26)25-8-10-28-11-9-25;1-3-2;1-2/h4-7,12-13H,1,8-11,14H2,2-3H3;3H,1H2,2H3;1-2H3. The maximum atomic E-state index is 14.8. The number of carbonyl (C=O) groups is 1. The molecule has 1 atom stereocenters. The number of allylic oxidation sites excluding steroid dienone is 1. The average molecular weight is 486 g/mol. The quantitative estimate of drug-likeness (QED) is 0.478. The number of benzene rings is 2. The van der Waals surface area contributed by atoms with E-state index in [2.05, 4.69) is 13.2 Å². The molecule has 2 aromatic carbocycles. The molecule has 0 N–H and O–H groups in total. The number of methoxy groups -OCH3 is 1. The minimum Gasteiger partial charge on any atom is -0.497 e. The zero-order chi connectivity index (χ0) is 26.0. The number of amides is 1. The highest BCUT2D eigenvalue weighted by Crippen LogP contribution is 2.48. The monoisotopic (exact) mass is 485 g/mol. The van der Waals surface area contributed by atoms with Crippen molar-refractivity contribution in [2.24, 2.45) is 0 Å². The van der Waals surface area contributed by atoms with Crippen LogP contribution in [0.25, 0.3) is 0 Å². The van der Waals surface area contributed by atoms with Crippen molar-refractivity contribution in [1.82, 2.24) is 4.90 Å². The normalized spacial score (nSPS) is 17.8. The Hall–Kier alpha value is -3.32. The number of halogens is 1. The van der Waals surface area contributed by atoms with E-state index < -0.39 is 11.6 Å². The summed E-state index contributed by atoms with van der Waals surface area (Å²) < 4.78 is 37.6. The maximum absolute atomic E-state index is 14.8. The van der Waals surface area contributed by atoms with Crippen molar-refractivity contribution >= 4 is 5.91 Å². The summed E-state index contributed by atoms with van der Waals surface area (Å²) in [6, 6.07) is 9.92. The van der Waals surface area contributed by atoms with E-state index >= 15 is 0 Å². The van der Waals surface area contributed by atoms with Crippen LogP contribution in [0.1, 0.15) is 50.0 Å². The maximum Gasteiger partial charge on any atom is 0.282 e. The van der Waals surface area contributed by atoms with Crippen LogP contribution < -0.4 is 14.2 Å². The number of morpholine rings is 1. The summed E-state index contributed by atoms with van der Waals surface area (Å²) in [5, 5.41) is 0. The zero-order valence-electron chi connectivity index (χ0n) is 21.4. The Morgan fingerprint density at radius 2 is 1.69 bits per heavy atom. The van der Waals surface area contributed by atoms with Crippen molar-refractivity contribution in [2.75, 3.05) is 33.4 Å². The van der Waals surface area contributed by atoms with Gasteiger partial charge in [-0.1, -0.05) is 32.1 Å². The minimum atomic E-state index is -1.19. The van der Waals surface area contributed by atoms with Gasteiger partial charge in [0, 0.05) is 24.7 Å². The molecule has 0 aromatic heterocycles. The van der Waals surface area contributed by atoms with Crippen molar-refractivity contribution in [2.45, 2.75) is 39.9 Å². The summed E-state index contributed by atoms with van der Waals surface area (Å²) >= 11 is 0. The van der Waals surface area contributed by atoms with Gasteiger partial charge in [-0.3, -0.25) is 4.79 Å². The fourth-order valence-corrected chi connectivity index (χ4v) is 3.71. The fourth-order valence-electron chi connectivity index (χ4n) is 3.71. The predicted octanol–water partition coefficient (Wildman–Crippen LogP) is 6.12. The number of hydrogen-bond donors (Lipinski definition) is 0. The van der Waals surface area contributed by atoms with Gasteiger partial charge in [0.05, 0.1) is 32.3 Å².